The van der Waals surface area contributed by atoms with Crippen LogP contribution in [0.1, 0.15) is 44.7 Å². The van der Waals surface area contributed by atoms with Crippen LogP contribution in [0.4, 0.5) is 0 Å². The first-order chi connectivity index (χ1) is 8.45. The van der Waals surface area contributed by atoms with E-state index in [1.54, 1.807) is 0 Å². The van der Waals surface area contributed by atoms with Crippen LogP contribution in [0.3, 0.4) is 0 Å². The Bertz CT molecular complexity index is 369. The Balaban J connectivity index is 1.94. The van der Waals surface area contributed by atoms with Gasteiger partial charge in [0.05, 0.1) is 6.10 Å². The van der Waals surface area contributed by atoms with Crippen molar-refractivity contribution in [2.45, 2.75) is 51.7 Å². The average Bonchev–Trinajstić information content (AvgIpc) is 2.32. The molecule has 0 aliphatic carbocycles. The van der Waals surface area contributed by atoms with Gasteiger partial charge in [-0.05, 0) is 29.4 Å². The summed E-state index contributed by atoms with van der Waals surface area (Å²) in [5.41, 5.74) is 2.99. The summed E-state index contributed by atoms with van der Waals surface area (Å²) in [7, 11) is 0. The zero-order valence-corrected chi connectivity index (χ0v) is 11.8. The van der Waals surface area contributed by atoms with Gasteiger partial charge in [0.1, 0.15) is 0 Å². The molecule has 1 saturated heterocycles. The standard InChI is InChI=1S/C16H25NO/c1-16(2,3)14-6-4-13(5-7-14)12-17-10-8-15(18)9-11-17/h4-7,15,18H,8-12H2,1-3H3. The third-order valence-electron chi connectivity index (χ3n) is 3.78. The van der Waals surface area contributed by atoms with Crippen LogP contribution in [0.25, 0.3) is 0 Å². The molecular formula is C16H25NO. The van der Waals surface area contributed by atoms with E-state index in [2.05, 4.69) is 49.9 Å². The van der Waals surface area contributed by atoms with Crippen molar-refractivity contribution in [2.75, 3.05) is 13.1 Å². The lowest BCUT2D eigenvalue weighted by Gasteiger charge is -2.29. The Kier molecular flexibility index (Phi) is 4.08. The molecule has 100 valence electrons. The Morgan fingerprint density at radius 3 is 2.17 bits per heavy atom. The van der Waals surface area contributed by atoms with Crippen molar-refractivity contribution in [2.24, 2.45) is 0 Å². The fourth-order valence-electron chi connectivity index (χ4n) is 2.45. The zero-order chi connectivity index (χ0) is 13.2. The number of nitrogens with zero attached hydrogens (tertiary/aromatic N) is 1. The molecule has 0 amide bonds. The van der Waals surface area contributed by atoms with Crippen molar-refractivity contribution in [1.29, 1.82) is 0 Å². The highest BCUT2D eigenvalue weighted by atomic mass is 16.3. The number of rotatable bonds is 2. The minimum atomic E-state index is -0.0792. The third-order valence-corrected chi connectivity index (χ3v) is 3.78. The van der Waals surface area contributed by atoms with Crippen LogP contribution in [0, 0.1) is 0 Å². The predicted molar refractivity (Wildman–Crippen MR) is 75.7 cm³/mol. The number of aliphatic hydroxyl groups excluding tert-OH is 1. The second-order valence-electron chi connectivity index (χ2n) is 6.45. The Morgan fingerprint density at radius 2 is 1.67 bits per heavy atom. The van der Waals surface area contributed by atoms with Crippen molar-refractivity contribution in [3.63, 3.8) is 0 Å². The number of benzene rings is 1. The number of hydrogen-bond donors (Lipinski definition) is 1. The molecule has 0 spiro atoms. The molecule has 1 aromatic rings. The van der Waals surface area contributed by atoms with Gasteiger partial charge >= 0.3 is 0 Å². The van der Waals surface area contributed by atoms with E-state index in [1.807, 2.05) is 0 Å². The molecule has 0 bridgehead atoms. The lowest BCUT2D eigenvalue weighted by atomic mass is 9.86. The Morgan fingerprint density at radius 1 is 1.11 bits per heavy atom. The lowest BCUT2D eigenvalue weighted by molar-refractivity contribution is 0.0792. The quantitative estimate of drug-likeness (QED) is 0.868. The topological polar surface area (TPSA) is 23.5 Å². The van der Waals surface area contributed by atoms with Crippen LogP contribution in [0.2, 0.25) is 0 Å². The summed E-state index contributed by atoms with van der Waals surface area (Å²) in [4.78, 5) is 2.43. The molecule has 0 radical (unpaired) electrons. The summed E-state index contributed by atoms with van der Waals surface area (Å²) in [6.07, 6.45) is 1.75. The van der Waals surface area contributed by atoms with Gasteiger partial charge in [-0.1, -0.05) is 45.0 Å². The monoisotopic (exact) mass is 247 g/mol. The van der Waals surface area contributed by atoms with Crippen molar-refractivity contribution >= 4 is 0 Å². The van der Waals surface area contributed by atoms with Crippen LogP contribution in [0.15, 0.2) is 24.3 Å². The molecule has 18 heavy (non-hydrogen) atoms. The smallest absolute Gasteiger partial charge is 0.0564 e. The number of aliphatic hydroxyl groups is 1. The van der Waals surface area contributed by atoms with E-state index in [0.717, 1.165) is 32.5 Å². The molecule has 1 aliphatic heterocycles. The summed E-state index contributed by atoms with van der Waals surface area (Å²) < 4.78 is 0. The summed E-state index contributed by atoms with van der Waals surface area (Å²) in [6, 6.07) is 8.97. The molecule has 1 N–H and O–H groups in total. The molecule has 1 fully saturated rings. The first kappa shape index (κ1) is 13.6. The van der Waals surface area contributed by atoms with Gasteiger partial charge in [0.25, 0.3) is 0 Å². The SMILES string of the molecule is CC(C)(C)c1ccc(CN2CCC(O)CC2)cc1. The first-order valence-electron chi connectivity index (χ1n) is 6.95. The molecule has 1 heterocycles. The molecular weight excluding hydrogens is 222 g/mol. The van der Waals surface area contributed by atoms with E-state index in [9.17, 15) is 5.11 Å². The predicted octanol–water partition coefficient (Wildman–Crippen LogP) is 2.94. The summed E-state index contributed by atoms with van der Waals surface area (Å²) >= 11 is 0. The van der Waals surface area contributed by atoms with Gasteiger partial charge in [0.2, 0.25) is 0 Å². The maximum atomic E-state index is 9.49. The molecule has 0 unspecified atom stereocenters. The second kappa shape index (κ2) is 5.41. The summed E-state index contributed by atoms with van der Waals surface area (Å²) in [6.45, 7) is 9.78. The fourth-order valence-corrected chi connectivity index (χ4v) is 2.45. The molecule has 2 rings (SSSR count). The fraction of sp³-hybridized carbons (Fsp3) is 0.625. The molecule has 0 atom stereocenters. The normalized spacial score (nSPS) is 19.1. The largest absolute Gasteiger partial charge is 0.393 e. The van der Waals surface area contributed by atoms with Gasteiger partial charge in [-0.15, -0.1) is 0 Å². The van der Waals surface area contributed by atoms with Crippen molar-refractivity contribution in [3.05, 3.63) is 35.4 Å². The van der Waals surface area contributed by atoms with Crippen LogP contribution < -0.4 is 0 Å². The highest BCUT2D eigenvalue weighted by Gasteiger charge is 2.17. The van der Waals surface area contributed by atoms with Gasteiger partial charge in [-0.2, -0.15) is 0 Å². The van der Waals surface area contributed by atoms with Crippen LogP contribution in [-0.2, 0) is 12.0 Å². The molecule has 2 heteroatoms. The van der Waals surface area contributed by atoms with E-state index in [1.165, 1.54) is 11.1 Å². The molecule has 1 aliphatic rings. The maximum absolute atomic E-state index is 9.49. The summed E-state index contributed by atoms with van der Waals surface area (Å²) in [5, 5.41) is 9.49. The van der Waals surface area contributed by atoms with Gasteiger partial charge in [-0.3, -0.25) is 4.90 Å². The van der Waals surface area contributed by atoms with Crippen molar-refractivity contribution in [3.8, 4) is 0 Å². The van der Waals surface area contributed by atoms with E-state index in [-0.39, 0.29) is 11.5 Å². The molecule has 0 aromatic heterocycles. The van der Waals surface area contributed by atoms with Crippen LogP contribution in [0.5, 0.6) is 0 Å². The molecule has 2 nitrogen and oxygen atoms in total. The van der Waals surface area contributed by atoms with E-state index in [4.69, 9.17) is 0 Å². The summed E-state index contributed by atoms with van der Waals surface area (Å²) in [5.74, 6) is 0. The minimum Gasteiger partial charge on any atom is -0.393 e. The third kappa shape index (κ3) is 3.56. The maximum Gasteiger partial charge on any atom is 0.0564 e. The highest BCUT2D eigenvalue weighted by molar-refractivity contribution is 5.27. The number of hydrogen-bond acceptors (Lipinski definition) is 2. The minimum absolute atomic E-state index is 0.0792. The lowest BCUT2D eigenvalue weighted by Crippen LogP contribution is -2.35. The van der Waals surface area contributed by atoms with Crippen molar-refractivity contribution in [1.82, 2.24) is 4.90 Å². The number of piperidine rings is 1. The second-order valence-corrected chi connectivity index (χ2v) is 6.45. The van der Waals surface area contributed by atoms with E-state index < -0.39 is 0 Å². The highest BCUT2D eigenvalue weighted by Crippen LogP contribution is 2.23. The van der Waals surface area contributed by atoms with Crippen molar-refractivity contribution < 1.29 is 5.11 Å². The zero-order valence-electron chi connectivity index (χ0n) is 11.8. The van der Waals surface area contributed by atoms with Crippen LogP contribution >= 0.6 is 0 Å². The van der Waals surface area contributed by atoms with E-state index >= 15 is 0 Å². The van der Waals surface area contributed by atoms with Crippen LogP contribution in [-0.4, -0.2) is 29.2 Å². The van der Waals surface area contributed by atoms with Gasteiger partial charge < -0.3 is 5.11 Å². The molecule has 1 aromatic carbocycles. The van der Waals surface area contributed by atoms with Gasteiger partial charge in [0.15, 0.2) is 0 Å². The Hall–Kier alpha value is -0.860. The Labute approximate surface area is 111 Å². The van der Waals surface area contributed by atoms with Gasteiger partial charge in [0, 0.05) is 19.6 Å². The first-order valence-corrected chi connectivity index (χ1v) is 6.95. The van der Waals surface area contributed by atoms with Gasteiger partial charge in [-0.25, -0.2) is 0 Å². The van der Waals surface area contributed by atoms with E-state index in [0.29, 0.717) is 0 Å². The number of likely N-dealkylation sites (tertiary alicyclic amines) is 1. The molecule has 0 saturated carbocycles. The average molecular weight is 247 g/mol.